The van der Waals surface area contributed by atoms with Crippen LogP contribution in [-0.4, -0.2) is 30.5 Å². The number of aromatic nitrogens is 5. The molecule has 0 spiro atoms. The van der Waals surface area contributed by atoms with Crippen molar-refractivity contribution in [2.75, 3.05) is 5.32 Å². The van der Waals surface area contributed by atoms with Gasteiger partial charge in [-0.3, -0.25) is 9.48 Å². The number of nitrogens with zero attached hydrogens (tertiary/aromatic N) is 5. The van der Waals surface area contributed by atoms with Crippen LogP contribution >= 0.6 is 15.9 Å². The maximum Gasteiger partial charge on any atom is 0.247 e. The summed E-state index contributed by atoms with van der Waals surface area (Å²) in [7, 11) is 0. The summed E-state index contributed by atoms with van der Waals surface area (Å²) in [6.07, 6.45) is 6.11. The van der Waals surface area contributed by atoms with Gasteiger partial charge in [-0.1, -0.05) is 29.8 Å². The summed E-state index contributed by atoms with van der Waals surface area (Å²) in [6, 6.07) is 10.4. The molecule has 1 amide bonds. The summed E-state index contributed by atoms with van der Waals surface area (Å²) >= 11 is 3.50. The maximum absolute atomic E-state index is 12.8. The maximum atomic E-state index is 12.8. The van der Waals surface area contributed by atoms with Gasteiger partial charge in [0.25, 0.3) is 0 Å². The third kappa shape index (κ3) is 4.12. The van der Waals surface area contributed by atoms with Crippen molar-refractivity contribution >= 4 is 38.7 Å². The van der Waals surface area contributed by atoms with Crippen LogP contribution < -0.4 is 5.32 Å². The van der Waals surface area contributed by atoms with E-state index in [4.69, 9.17) is 0 Å². The lowest BCUT2D eigenvalue weighted by atomic mass is 10.1. The number of carbonyl (C=O) groups is 1. The largest absolute Gasteiger partial charge is 0.307 e. The zero-order chi connectivity index (χ0) is 21.5. The van der Waals surface area contributed by atoms with E-state index in [9.17, 15) is 4.79 Å². The molecule has 0 saturated heterocycles. The Morgan fingerprint density at radius 2 is 2.06 bits per heavy atom. The summed E-state index contributed by atoms with van der Waals surface area (Å²) in [5.41, 5.74) is 5.34. The molecule has 1 saturated carbocycles. The number of halogens is 1. The zero-order valence-corrected chi connectivity index (χ0v) is 19.1. The lowest BCUT2D eigenvalue weighted by Gasteiger charge is -2.05. The van der Waals surface area contributed by atoms with Crippen molar-refractivity contribution in [3.63, 3.8) is 0 Å². The van der Waals surface area contributed by atoms with E-state index in [0.29, 0.717) is 18.3 Å². The van der Waals surface area contributed by atoms with Crippen molar-refractivity contribution in [2.24, 2.45) is 0 Å². The second kappa shape index (κ2) is 7.92. The highest BCUT2D eigenvalue weighted by molar-refractivity contribution is 9.10. The highest BCUT2D eigenvalue weighted by Crippen LogP contribution is 2.43. The van der Waals surface area contributed by atoms with Crippen LogP contribution in [0.25, 0.3) is 11.0 Å². The minimum Gasteiger partial charge on any atom is -0.307 e. The van der Waals surface area contributed by atoms with Crippen LogP contribution in [0.2, 0.25) is 0 Å². The average molecular weight is 479 g/mol. The molecule has 1 fully saturated rings. The Bertz CT molecular complexity index is 1290. The van der Waals surface area contributed by atoms with Crippen LogP contribution in [0.15, 0.2) is 47.2 Å². The van der Waals surface area contributed by atoms with Crippen molar-refractivity contribution in [2.45, 2.75) is 45.7 Å². The first-order valence-corrected chi connectivity index (χ1v) is 11.2. The van der Waals surface area contributed by atoms with Crippen molar-refractivity contribution in [3.05, 3.63) is 69.6 Å². The van der Waals surface area contributed by atoms with Crippen molar-refractivity contribution in [3.8, 4) is 0 Å². The minimum absolute atomic E-state index is 0.0860. The number of aryl methyl sites for hydroxylation is 2. The molecule has 0 radical (unpaired) electrons. The standard InChI is InChI=1S/C23H23BrN6O/c1-14-4-3-5-16(10-14)11-29-12-19(24)22(28-29)26-20(31)13-30-23-21(15(2)27-30)18(8-9-25-23)17-6-7-17/h3-5,8-10,12,17H,6-7,11,13H2,1-2H3,(H,26,28,31). The second-order valence-electron chi connectivity index (χ2n) is 8.18. The predicted octanol–water partition coefficient (Wildman–Crippen LogP) is 4.57. The lowest BCUT2D eigenvalue weighted by molar-refractivity contribution is -0.116. The van der Waals surface area contributed by atoms with Gasteiger partial charge in [-0.25, -0.2) is 9.67 Å². The minimum atomic E-state index is -0.190. The smallest absolute Gasteiger partial charge is 0.247 e. The molecular weight excluding hydrogens is 456 g/mol. The zero-order valence-electron chi connectivity index (χ0n) is 17.5. The summed E-state index contributed by atoms with van der Waals surface area (Å²) in [4.78, 5) is 17.3. The van der Waals surface area contributed by atoms with Crippen molar-refractivity contribution in [1.29, 1.82) is 0 Å². The van der Waals surface area contributed by atoms with E-state index in [1.54, 1.807) is 4.68 Å². The first-order valence-electron chi connectivity index (χ1n) is 10.4. The first-order chi connectivity index (χ1) is 15.0. The summed E-state index contributed by atoms with van der Waals surface area (Å²) < 4.78 is 4.23. The van der Waals surface area contributed by atoms with E-state index in [1.807, 2.05) is 30.1 Å². The fourth-order valence-corrected chi connectivity index (χ4v) is 4.44. The van der Waals surface area contributed by atoms with Gasteiger partial charge < -0.3 is 5.32 Å². The molecule has 1 N–H and O–H groups in total. The van der Waals surface area contributed by atoms with Gasteiger partial charge in [-0.15, -0.1) is 0 Å². The summed E-state index contributed by atoms with van der Waals surface area (Å²) in [6.45, 7) is 4.76. The number of benzene rings is 1. The number of rotatable bonds is 6. The number of pyridine rings is 1. The van der Waals surface area contributed by atoms with Gasteiger partial charge >= 0.3 is 0 Å². The van der Waals surface area contributed by atoms with Gasteiger partial charge in [-0.05, 0) is 65.7 Å². The molecule has 1 aliphatic rings. The van der Waals surface area contributed by atoms with Crippen LogP contribution in [0.4, 0.5) is 5.82 Å². The third-order valence-corrected chi connectivity index (χ3v) is 6.13. The van der Waals surface area contributed by atoms with Gasteiger partial charge in [-0.2, -0.15) is 10.2 Å². The number of hydrogen-bond acceptors (Lipinski definition) is 4. The molecule has 1 aliphatic carbocycles. The highest BCUT2D eigenvalue weighted by atomic mass is 79.9. The predicted molar refractivity (Wildman–Crippen MR) is 123 cm³/mol. The molecule has 5 rings (SSSR count). The van der Waals surface area contributed by atoms with Gasteiger partial charge in [0, 0.05) is 17.8 Å². The number of nitrogens with one attached hydrogen (secondary N) is 1. The Morgan fingerprint density at radius 3 is 2.84 bits per heavy atom. The van der Waals surface area contributed by atoms with Gasteiger partial charge in [0.2, 0.25) is 5.91 Å². The second-order valence-corrected chi connectivity index (χ2v) is 9.03. The van der Waals surface area contributed by atoms with E-state index >= 15 is 0 Å². The molecule has 1 aromatic carbocycles. The van der Waals surface area contributed by atoms with Crippen molar-refractivity contribution < 1.29 is 4.79 Å². The molecule has 3 heterocycles. The topological polar surface area (TPSA) is 77.6 Å². The van der Waals surface area contributed by atoms with Crippen LogP contribution in [0.3, 0.4) is 0 Å². The molecule has 4 aromatic rings. The van der Waals surface area contributed by atoms with E-state index in [2.05, 4.69) is 67.6 Å². The Morgan fingerprint density at radius 1 is 1.23 bits per heavy atom. The summed E-state index contributed by atoms with van der Waals surface area (Å²) in [5.74, 6) is 0.908. The Hall–Kier alpha value is -3.00. The molecule has 7 nitrogen and oxygen atoms in total. The molecule has 158 valence electrons. The number of carbonyl (C=O) groups excluding carboxylic acids is 1. The Labute approximate surface area is 188 Å². The molecule has 0 atom stereocenters. The average Bonchev–Trinajstić information content (AvgIpc) is 3.45. The molecule has 0 bridgehead atoms. The number of fused-ring (bicyclic) bond motifs is 1. The molecule has 31 heavy (non-hydrogen) atoms. The van der Waals surface area contributed by atoms with Crippen LogP contribution in [0, 0.1) is 13.8 Å². The molecule has 0 aliphatic heterocycles. The highest BCUT2D eigenvalue weighted by Gasteiger charge is 2.27. The Kier molecular flexibility index (Phi) is 5.09. The molecule has 0 unspecified atom stereocenters. The molecular formula is C23H23BrN6O. The van der Waals surface area contributed by atoms with Gasteiger partial charge in [0.05, 0.1) is 16.7 Å². The SMILES string of the molecule is Cc1cccc(Cn2cc(Br)c(NC(=O)Cn3nc(C)c4c(C5CC5)ccnc43)n2)c1. The first kappa shape index (κ1) is 19.9. The van der Waals surface area contributed by atoms with E-state index in [1.165, 1.54) is 24.0 Å². The quantitative estimate of drug-likeness (QED) is 0.440. The van der Waals surface area contributed by atoms with Gasteiger partial charge in [0.1, 0.15) is 6.54 Å². The number of anilines is 1. The van der Waals surface area contributed by atoms with E-state index in [0.717, 1.165) is 26.8 Å². The van der Waals surface area contributed by atoms with E-state index < -0.39 is 0 Å². The van der Waals surface area contributed by atoms with Crippen LogP contribution in [0.5, 0.6) is 0 Å². The molecule has 8 heteroatoms. The summed E-state index contributed by atoms with van der Waals surface area (Å²) in [5, 5.41) is 13.1. The van der Waals surface area contributed by atoms with Crippen LogP contribution in [-0.2, 0) is 17.9 Å². The molecule has 3 aromatic heterocycles. The number of hydrogen-bond donors (Lipinski definition) is 1. The van der Waals surface area contributed by atoms with E-state index in [-0.39, 0.29) is 12.5 Å². The van der Waals surface area contributed by atoms with Crippen molar-refractivity contribution in [1.82, 2.24) is 24.5 Å². The number of amides is 1. The Balaban J connectivity index is 1.32. The normalized spacial score (nSPS) is 13.6. The fourth-order valence-electron chi connectivity index (χ4n) is 4.02. The fraction of sp³-hybridized carbons (Fsp3) is 0.304. The van der Waals surface area contributed by atoms with Gasteiger partial charge in [0.15, 0.2) is 11.5 Å². The third-order valence-electron chi connectivity index (χ3n) is 5.55. The lowest BCUT2D eigenvalue weighted by Crippen LogP contribution is -2.20. The monoisotopic (exact) mass is 478 g/mol. The van der Waals surface area contributed by atoms with Crippen LogP contribution in [0.1, 0.15) is 41.1 Å².